The van der Waals surface area contributed by atoms with Crippen LogP contribution in [0.1, 0.15) is 25.3 Å². The lowest BCUT2D eigenvalue weighted by Crippen LogP contribution is -1.97. The molecule has 0 aliphatic rings. The molecule has 0 atom stereocenters. The Kier molecular flexibility index (Phi) is 3.51. The van der Waals surface area contributed by atoms with Gasteiger partial charge in [0.1, 0.15) is 5.82 Å². The van der Waals surface area contributed by atoms with Crippen LogP contribution >= 0.6 is 0 Å². The van der Waals surface area contributed by atoms with Gasteiger partial charge in [0.25, 0.3) is 0 Å². The van der Waals surface area contributed by atoms with E-state index in [-0.39, 0.29) is 5.82 Å². The number of nitrogens with two attached hydrogens (primary N) is 1. The van der Waals surface area contributed by atoms with Crippen LogP contribution in [-0.2, 0) is 0 Å². The molecule has 0 fully saturated rings. The van der Waals surface area contributed by atoms with E-state index in [1.807, 2.05) is 12.1 Å². The highest BCUT2D eigenvalue weighted by Gasteiger charge is 2.02. The van der Waals surface area contributed by atoms with Crippen molar-refractivity contribution in [2.45, 2.75) is 19.8 Å². The number of hydrogen-bond acceptors (Lipinski definition) is 2. The van der Waals surface area contributed by atoms with Crippen LogP contribution in [0.15, 0.2) is 42.5 Å². The molecule has 2 rings (SSSR count). The Balaban J connectivity index is 2.18. The third-order valence-corrected chi connectivity index (χ3v) is 2.87. The molecular weight excluding hydrogens is 227 g/mol. The molecule has 0 aromatic heterocycles. The molecule has 0 amide bonds. The van der Waals surface area contributed by atoms with E-state index >= 15 is 0 Å². The van der Waals surface area contributed by atoms with Crippen LogP contribution in [0.4, 0.5) is 21.5 Å². The summed E-state index contributed by atoms with van der Waals surface area (Å²) in [4.78, 5) is 0. The molecule has 2 nitrogen and oxygen atoms in total. The van der Waals surface area contributed by atoms with E-state index in [1.54, 1.807) is 6.07 Å². The first-order chi connectivity index (χ1) is 8.56. The molecule has 0 bridgehead atoms. The van der Waals surface area contributed by atoms with Gasteiger partial charge in [-0.15, -0.1) is 0 Å². The Morgan fingerprint density at radius 3 is 2.28 bits per heavy atom. The second kappa shape index (κ2) is 5.08. The monoisotopic (exact) mass is 244 g/mol. The van der Waals surface area contributed by atoms with Crippen molar-refractivity contribution >= 4 is 17.1 Å². The Hall–Kier alpha value is -2.03. The summed E-state index contributed by atoms with van der Waals surface area (Å²) in [6.07, 6.45) is 0. The topological polar surface area (TPSA) is 38.0 Å². The molecule has 0 saturated carbocycles. The molecule has 18 heavy (non-hydrogen) atoms. The van der Waals surface area contributed by atoms with Gasteiger partial charge in [0.2, 0.25) is 0 Å². The standard InChI is InChI=1S/C15H17FN2/c1-10(2)11-3-6-13(7-4-11)18-15-8-5-12(16)9-14(15)17/h3-10,18H,17H2,1-2H3. The predicted octanol–water partition coefficient (Wildman–Crippen LogP) is 4.27. The minimum atomic E-state index is -0.326. The maximum atomic E-state index is 12.9. The van der Waals surface area contributed by atoms with E-state index in [0.717, 1.165) is 5.69 Å². The highest BCUT2D eigenvalue weighted by atomic mass is 19.1. The molecule has 0 aliphatic heterocycles. The van der Waals surface area contributed by atoms with Crippen LogP contribution in [0, 0.1) is 5.82 Å². The summed E-state index contributed by atoms with van der Waals surface area (Å²) in [5.41, 5.74) is 9.09. The highest BCUT2D eigenvalue weighted by molar-refractivity contribution is 5.72. The number of halogens is 1. The van der Waals surface area contributed by atoms with Crippen LogP contribution in [0.25, 0.3) is 0 Å². The van der Waals surface area contributed by atoms with Gasteiger partial charge in [-0.05, 0) is 41.8 Å². The Bertz CT molecular complexity index is 533. The molecule has 0 aliphatic carbocycles. The molecule has 2 aromatic rings. The average molecular weight is 244 g/mol. The molecule has 0 spiro atoms. The Morgan fingerprint density at radius 2 is 1.72 bits per heavy atom. The van der Waals surface area contributed by atoms with Gasteiger partial charge in [-0.2, -0.15) is 0 Å². The first kappa shape index (κ1) is 12.4. The van der Waals surface area contributed by atoms with Gasteiger partial charge in [-0.1, -0.05) is 26.0 Å². The van der Waals surface area contributed by atoms with Gasteiger partial charge in [0.15, 0.2) is 0 Å². The number of nitrogen functional groups attached to an aromatic ring is 1. The van der Waals surface area contributed by atoms with E-state index in [9.17, 15) is 4.39 Å². The van der Waals surface area contributed by atoms with Crippen LogP contribution in [0.2, 0.25) is 0 Å². The normalized spacial score (nSPS) is 10.7. The van der Waals surface area contributed by atoms with Gasteiger partial charge in [-0.3, -0.25) is 0 Å². The lowest BCUT2D eigenvalue weighted by Gasteiger charge is -2.11. The number of hydrogen-bond donors (Lipinski definition) is 2. The summed E-state index contributed by atoms with van der Waals surface area (Å²) in [6, 6.07) is 12.5. The molecule has 3 heteroatoms. The zero-order valence-corrected chi connectivity index (χ0v) is 10.6. The lowest BCUT2D eigenvalue weighted by atomic mass is 10.0. The van der Waals surface area contributed by atoms with E-state index in [1.165, 1.54) is 17.7 Å². The second-order valence-electron chi connectivity index (χ2n) is 4.63. The van der Waals surface area contributed by atoms with Gasteiger partial charge >= 0.3 is 0 Å². The van der Waals surface area contributed by atoms with E-state index in [0.29, 0.717) is 17.3 Å². The van der Waals surface area contributed by atoms with Gasteiger partial charge in [0, 0.05) is 5.69 Å². The molecule has 2 aromatic carbocycles. The molecular formula is C15H17FN2. The number of rotatable bonds is 3. The number of anilines is 3. The summed E-state index contributed by atoms with van der Waals surface area (Å²) in [5, 5.41) is 3.17. The molecule has 0 heterocycles. The number of nitrogens with one attached hydrogen (secondary N) is 1. The quantitative estimate of drug-likeness (QED) is 0.791. The van der Waals surface area contributed by atoms with Crippen LogP contribution in [0.5, 0.6) is 0 Å². The predicted molar refractivity (Wildman–Crippen MR) is 74.6 cm³/mol. The van der Waals surface area contributed by atoms with Crippen molar-refractivity contribution in [3.63, 3.8) is 0 Å². The molecule has 3 N–H and O–H groups in total. The minimum Gasteiger partial charge on any atom is -0.397 e. The van der Waals surface area contributed by atoms with Crippen LogP contribution < -0.4 is 11.1 Å². The smallest absolute Gasteiger partial charge is 0.125 e. The van der Waals surface area contributed by atoms with Crippen molar-refractivity contribution in [1.29, 1.82) is 0 Å². The van der Waals surface area contributed by atoms with E-state index in [4.69, 9.17) is 5.73 Å². The third kappa shape index (κ3) is 2.80. The fourth-order valence-corrected chi connectivity index (χ4v) is 1.75. The van der Waals surface area contributed by atoms with E-state index in [2.05, 4.69) is 31.3 Å². The third-order valence-electron chi connectivity index (χ3n) is 2.87. The summed E-state index contributed by atoms with van der Waals surface area (Å²) in [5.74, 6) is 0.183. The highest BCUT2D eigenvalue weighted by Crippen LogP contribution is 2.25. The maximum absolute atomic E-state index is 12.9. The van der Waals surface area contributed by atoms with E-state index < -0.39 is 0 Å². The Labute approximate surface area is 107 Å². The fraction of sp³-hybridized carbons (Fsp3) is 0.200. The van der Waals surface area contributed by atoms with Crippen LogP contribution in [-0.4, -0.2) is 0 Å². The molecule has 0 saturated heterocycles. The van der Waals surface area contributed by atoms with Crippen molar-refractivity contribution in [2.24, 2.45) is 0 Å². The van der Waals surface area contributed by atoms with Gasteiger partial charge in [-0.25, -0.2) is 4.39 Å². The first-order valence-electron chi connectivity index (χ1n) is 5.98. The average Bonchev–Trinajstić information content (AvgIpc) is 2.33. The second-order valence-corrected chi connectivity index (χ2v) is 4.63. The van der Waals surface area contributed by atoms with Gasteiger partial charge in [0.05, 0.1) is 11.4 Å². The van der Waals surface area contributed by atoms with Crippen molar-refractivity contribution < 1.29 is 4.39 Å². The van der Waals surface area contributed by atoms with Gasteiger partial charge < -0.3 is 11.1 Å². The van der Waals surface area contributed by atoms with Crippen molar-refractivity contribution in [3.8, 4) is 0 Å². The molecule has 0 radical (unpaired) electrons. The van der Waals surface area contributed by atoms with Crippen LogP contribution in [0.3, 0.4) is 0 Å². The SMILES string of the molecule is CC(C)c1ccc(Nc2ccc(F)cc2N)cc1. The maximum Gasteiger partial charge on any atom is 0.125 e. The van der Waals surface area contributed by atoms with Crippen molar-refractivity contribution in [1.82, 2.24) is 0 Å². The summed E-state index contributed by atoms with van der Waals surface area (Å²) >= 11 is 0. The fourth-order valence-electron chi connectivity index (χ4n) is 1.75. The largest absolute Gasteiger partial charge is 0.397 e. The lowest BCUT2D eigenvalue weighted by molar-refractivity contribution is 0.628. The first-order valence-corrected chi connectivity index (χ1v) is 5.98. The van der Waals surface area contributed by atoms with Crippen molar-refractivity contribution in [3.05, 3.63) is 53.8 Å². The van der Waals surface area contributed by atoms with Crippen molar-refractivity contribution in [2.75, 3.05) is 11.1 Å². The Morgan fingerprint density at radius 1 is 1.06 bits per heavy atom. The summed E-state index contributed by atoms with van der Waals surface area (Å²) in [7, 11) is 0. The zero-order valence-electron chi connectivity index (χ0n) is 10.6. The molecule has 0 unspecified atom stereocenters. The summed E-state index contributed by atoms with van der Waals surface area (Å²) < 4.78 is 12.9. The minimum absolute atomic E-state index is 0.326. The molecule has 94 valence electrons. The number of benzene rings is 2. The zero-order chi connectivity index (χ0) is 13.1. The summed E-state index contributed by atoms with van der Waals surface area (Å²) in [6.45, 7) is 4.31.